The predicted molar refractivity (Wildman–Crippen MR) is 146 cm³/mol. The van der Waals surface area contributed by atoms with E-state index in [1.165, 1.54) is 6.92 Å². The molecule has 9 heteroatoms. The zero-order valence-corrected chi connectivity index (χ0v) is 24.0. The molecule has 6 atom stereocenters. The van der Waals surface area contributed by atoms with Gasteiger partial charge >= 0.3 is 6.09 Å². The van der Waals surface area contributed by atoms with Gasteiger partial charge in [-0.1, -0.05) is 40.5 Å². The summed E-state index contributed by atoms with van der Waals surface area (Å²) in [4.78, 5) is 46.0. The van der Waals surface area contributed by atoms with Gasteiger partial charge in [0.2, 0.25) is 5.91 Å². The molecular weight excluding hydrogens is 496 g/mol. The Morgan fingerprint density at radius 2 is 1.97 bits per heavy atom. The second kappa shape index (κ2) is 10.1. The van der Waals surface area contributed by atoms with E-state index < -0.39 is 29.2 Å². The summed E-state index contributed by atoms with van der Waals surface area (Å²) in [7, 11) is 0. The van der Waals surface area contributed by atoms with Gasteiger partial charge in [0.15, 0.2) is 5.78 Å². The molecule has 1 N–H and O–H groups in total. The standard InChI is InChI=1S/C30H42N4O5/c1-18-23-17-34(25(18)19(2)35)27(36)26(29(3,4)5)32-28(37)39-30(6)15-21(30)11-9-7-8-10-20-16-33-13-12-31-24(33)14-22(20)38-23/h12-14,16,18,21,23,25-26H,7-11,15,17H2,1-6H3,(H,32,37)/t18-,21-,23+,25+,26-,30-/m1/s1. The van der Waals surface area contributed by atoms with Crippen LogP contribution in [-0.2, 0) is 20.7 Å². The molecule has 3 aliphatic rings. The Kier molecular flexibility index (Phi) is 7.14. The van der Waals surface area contributed by atoms with Crippen molar-refractivity contribution in [1.82, 2.24) is 19.6 Å². The fourth-order valence-corrected chi connectivity index (χ4v) is 6.39. The average Bonchev–Trinajstić information content (AvgIpc) is 3.14. The molecule has 1 saturated carbocycles. The number of amides is 2. The van der Waals surface area contributed by atoms with Gasteiger partial charge in [-0.3, -0.25) is 9.59 Å². The minimum Gasteiger partial charge on any atom is -0.488 e. The van der Waals surface area contributed by atoms with Crippen LogP contribution in [0.5, 0.6) is 5.75 Å². The van der Waals surface area contributed by atoms with Crippen LogP contribution in [0.25, 0.3) is 5.65 Å². The molecule has 2 aromatic rings. The quantitative estimate of drug-likeness (QED) is 0.571. The van der Waals surface area contributed by atoms with Crippen molar-refractivity contribution in [1.29, 1.82) is 0 Å². The van der Waals surface area contributed by atoms with E-state index in [1.807, 2.05) is 51.3 Å². The number of hydrogen-bond acceptors (Lipinski definition) is 6. The summed E-state index contributed by atoms with van der Waals surface area (Å²) >= 11 is 0. The number of rotatable bonds is 1. The third-order valence-electron chi connectivity index (χ3n) is 8.90. The molecule has 0 radical (unpaired) electrons. The van der Waals surface area contributed by atoms with Gasteiger partial charge in [0.05, 0.1) is 12.6 Å². The van der Waals surface area contributed by atoms with E-state index in [-0.39, 0.29) is 30.3 Å². The van der Waals surface area contributed by atoms with Gasteiger partial charge in [0.25, 0.3) is 0 Å². The van der Waals surface area contributed by atoms with E-state index in [4.69, 9.17) is 9.47 Å². The van der Waals surface area contributed by atoms with Crippen molar-refractivity contribution >= 4 is 23.4 Å². The van der Waals surface area contributed by atoms with Gasteiger partial charge < -0.3 is 24.1 Å². The van der Waals surface area contributed by atoms with Crippen molar-refractivity contribution in [2.45, 2.75) is 104 Å². The number of aryl methyl sites for hydroxylation is 1. The van der Waals surface area contributed by atoms with Crippen LogP contribution in [0.3, 0.4) is 0 Å². The number of hydrogen-bond donors (Lipinski definition) is 1. The zero-order valence-electron chi connectivity index (χ0n) is 24.0. The van der Waals surface area contributed by atoms with E-state index >= 15 is 0 Å². The lowest BCUT2D eigenvalue weighted by Gasteiger charge is -2.35. The van der Waals surface area contributed by atoms with Crippen LogP contribution in [0.1, 0.15) is 79.2 Å². The van der Waals surface area contributed by atoms with Gasteiger partial charge in [-0.25, -0.2) is 9.78 Å². The highest BCUT2D eigenvalue weighted by Gasteiger charge is 2.54. The molecule has 1 aliphatic carbocycles. The van der Waals surface area contributed by atoms with E-state index in [0.717, 1.165) is 55.5 Å². The summed E-state index contributed by atoms with van der Waals surface area (Å²) in [5.74, 6) is 0.470. The monoisotopic (exact) mass is 538 g/mol. The highest BCUT2D eigenvalue weighted by Crippen LogP contribution is 2.49. The Labute approximate surface area is 230 Å². The number of nitrogens with zero attached hydrogens (tertiary/aromatic N) is 3. The lowest BCUT2D eigenvalue weighted by atomic mass is 9.85. The lowest BCUT2D eigenvalue weighted by Crippen LogP contribution is -2.57. The molecule has 1 saturated heterocycles. The number of imidazole rings is 1. The molecule has 2 fully saturated rings. The average molecular weight is 539 g/mol. The van der Waals surface area contributed by atoms with Gasteiger partial charge in [0, 0.05) is 42.1 Å². The molecule has 0 spiro atoms. The third kappa shape index (κ3) is 5.50. The van der Waals surface area contributed by atoms with E-state index in [9.17, 15) is 14.4 Å². The highest BCUT2D eigenvalue weighted by molar-refractivity contribution is 5.92. The summed E-state index contributed by atoms with van der Waals surface area (Å²) < 4.78 is 14.5. The maximum Gasteiger partial charge on any atom is 0.408 e. The number of pyridine rings is 1. The van der Waals surface area contributed by atoms with Crippen molar-refractivity contribution < 1.29 is 23.9 Å². The van der Waals surface area contributed by atoms with Gasteiger partial charge in [0.1, 0.15) is 29.1 Å². The molecule has 4 heterocycles. The summed E-state index contributed by atoms with van der Waals surface area (Å²) in [5.41, 5.74) is 0.797. The van der Waals surface area contributed by atoms with Crippen molar-refractivity contribution in [2.75, 3.05) is 6.54 Å². The number of ether oxygens (including phenoxy) is 2. The van der Waals surface area contributed by atoms with Crippen molar-refractivity contribution in [2.24, 2.45) is 17.3 Å². The Balaban J connectivity index is 1.50. The van der Waals surface area contributed by atoms with Gasteiger partial charge in [-0.2, -0.15) is 0 Å². The topological polar surface area (TPSA) is 102 Å². The van der Waals surface area contributed by atoms with E-state index in [1.54, 1.807) is 11.1 Å². The molecule has 5 rings (SSSR count). The minimum atomic E-state index is -0.852. The van der Waals surface area contributed by atoms with Crippen LogP contribution < -0.4 is 10.1 Å². The van der Waals surface area contributed by atoms with E-state index in [0.29, 0.717) is 5.92 Å². The number of carbonyl (C=O) groups excluding carboxylic acids is 3. The van der Waals surface area contributed by atoms with Crippen LogP contribution in [0.2, 0.25) is 0 Å². The van der Waals surface area contributed by atoms with Gasteiger partial charge in [-0.15, -0.1) is 0 Å². The predicted octanol–water partition coefficient (Wildman–Crippen LogP) is 4.55. The van der Waals surface area contributed by atoms with Gasteiger partial charge in [-0.05, 0) is 44.9 Å². The van der Waals surface area contributed by atoms with Crippen LogP contribution >= 0.6 is 0 Å². The van der Waals surface area contributed by atoms with Crippen molar-refractivity contribution in [3.8, 4) is 5.75 Å². The smallest absolute Gasteiger partial charge is 0.408 e. The van der Waals surface area contributed by atoms with E-state index in [2.05, 4.69) is 16.5 Å². The molecule has 0 unspecified atom stereocenters. The normalized spacial score (nSPS) is 32.3. The largest absolute Gasteiger partial charge is 0.488 e. The zero-order chi connectivity index (χ0) is 28.1. The number of Topliss-reactive ketones (excluding diaryl/α,β-unsaturated/α-hetero) is 1. The number of alkyl carbamates (subject to hydrolysis) is 1. The summed E-state index contributed by atoms with van der Waals surface area (Å²) in [6.45, 7) is 11.4. The first-order chi connectivity index (χ1) is 18.4. The van der Waals surface area contributed by atoms with Crippen molar-refractivity contribution in [3.05, 3.63) is 30.2 Å². The minimum absolute atomic E-state index is 0.0969. The second-order valence-electron chi connectivity index (χ2n) is 13.1. The lowest BCUT2D eigenvalue weighted by molar-refractivity contribution is -0.141. The fraction of sp³-hybridized carbons (Fsp3) is 0.667. The molecule has 2 bridgehead atoms. The van der Waals surface area contributed by atoms with Crippen molar-refractivity contribution in [3.63, 3.8) is 0 Å². The molecule has 2 aromatic heterocycles. The summed E-state index contributed by atoms with van der Waals surface area (Å²) in [6, 6.07) is 0.462. The Morgan fingerprint density at radius 1 is 1.21 bits per heavy atom. The number of carbonyl (C=O) groups is 3. The van der Waals surface area contributed by atoms with Crippen LogP contribution in [-0.4, -0.2) is 62.4 Å². The molecule has 2 aliphatic heterocycles. The SMILES string of the molecule is CC(=O)[C@@H]1[C@H](C)[C@@H]2CN1C(=O)[C@H](C(C)(C)C)NC(=O)O[C@]1(C)C[C@H]1CCCCCc1cn3ccnc3cc1O2. The summed E-state index contributed by atoms with van der Waals surface area (Å²) in [6.07, 6.45) is 10.7. The first-order valence-electron chi connectivity index (χ1n) is 14.3. The number of nitrogens with one attached hydrogen (secondary N) is 1. The van der Waals surface area contributed by atoms with Crippen LogP contribution in [0, 0.1) is 17.3 Å². The maximum absolute atomic E-state index is 14.0. The Bertz CT molecular complexity index is 1270. The van der Waals surface area contributed by atoms with Crippen LogP contribution in [0.15, 0.2) is 24.7 Å². The molecule has 2 amide bonds. The number of fused-ring (bicyclic) bond motifs is 5. The molecule has 0 aromatic carbocycles. The highest BCUT2D eigenvalue weighted by atomic mass is 16.6. The molecule has 9 nitrogen and oxygen atoms in total. The summed E-state index contributed by atoms with van der Waals surface area (Å²) in [5, 5.41) is 2.87. The maximum atomic E-state index is 14.0. The molecular formula is C30H42N4O5. The Morgan fingerprint density at radius 3 is 2.69 bits per heavy atom. The fourth-order valence-electron chi connectivity index (χ4n) is 6.39. The molecule has 212 valence electrons. The third-order valence-corrected chi connectivity index (χ3v) is 8.90. The molecule has 39 heavy (non-hydrogen) atoms. The first-order valence-corrected chi connectivity index (χ1v) is 14.3. The van der Waals surface area contributed by atoms with Crippen LogP contribution in [0.4, 0.5) is 4.79 Å². The Hall–Kier alpha value is -3.10. The number of aromatic nitrogens is 2. The second-order valence-corrected chi connectivity index (χ2v) is 13.1. The number of ketones is 1. The first kappa shape index (κ1) is 27.5.